The van der Waals surface area contributed by atoms with Crippen LogP contribution in [-0.2, 0) is 11.3 Å². The first-order valence-electron chi connectivity index (χ1n) is 10.8. The van der Waals surface area contributed by atoms with Crippen LogP contribution in [0, 0.1) is 5.92 Å². The van der Waals surface area contributed by atoms with Gasteiger partial charge in [-0.05, 0) is 37.2 Å². The predicted molar refractivity (Wildman–Crippen MR) is 114 cm³/mol. The number of rotatable bonds is 7. The monoisotopic (exact) mass is 410 g/mol. The van der Waals surface area contributed by atoms with E-state index in [1.54, 1.807) is 12.5 Å². The molecule has 30 heavy (non-hydrogen) atoms. The maximum Gasteiger partial charge on any atom is 0.327 e. The Morgan fingerprint density at radius 3 is 2.50 bits per heavy atom. The maximum absolute atomic E-state index is 13.6. The molecule has 2 aliphatic heterocycles. The number of carbonyl (C=O) groups is 2. The van der Waals surface area contributed by atoms with E-state index >= 15 is 0 Å². The zero-order chi connectivity index (χ0) is 21.1. The number of imide groups is 1. The third-order valence-corrected chi connectivity index (χ3v) is 6.25. The summed E-state index contributed by atoms with van der Waals surface area (Å²) < 4.78 is 5.43. The molecule has 0 saturated carbocycles. The van der Waals surface area contributed by atoms with Gasteiger partial charge in [0.25, 0.3) is 11.9 Å². The van der Waals surface area contributed by atoms with Crippen LogP contribution < -0.4 is 4.90 Å². The molecule has 1 aromatic carbocycles. The van der Waals surface area contributed by atoms with Crippen molar-refractivity contribution < 1.29 is 14.0 Å². The Balaban J connectivity index is 1.56. The van der Waals surface area contributed by atoms with Gasteiger partial charge in [0.05, 0.1) is 6.20 Å². The van der Waals surface area contributed by atoms with E-state index in [0.717, 1.165) is 18.4 Å². The van der Waals surface area contributed by atoms with Gasteiger partial charge in [-0.2, -0.15) is 0 Å². The third kappa shape index (κ3) is 3.80. The van der Waals surface area contributed by atoms with Crippen molar-refractivity contribution in [2.24, 2.45) is 5.92 Å². The Kier molecular flexibility index (Phi) is 5.79. The molecule has 160 valence electrons. The maximum atomic E-state index is 13.6. The first-order valence-corrected chi connectivity index (χ1v) is 10.8. The van der Waals surface area contributed by atoms with E-state index in [-0.39, 0.29) is 11.9 Å². The van der Waals surface area contributed by atoms with E-state index in [1.165, 1.54) is 4.90 Å². The zero-order valence-electron chi connectivity index (χ0n) is 17.8. The van der Waals surface area contributed by atoms with E-state index in [0.29, 0.717) is 51.0 Å². The molecule has 2 aliphatic rings. The van der Waals surface area contributed by atoms with Gasteiger partial charge in [0.2, 0.25) is 0 Å². The van der Waals surface area contributed by atoms with Crippen LogP contribution in [-0.4, -0.2) is 51.9 Å². The van der Waals surface area contributed by atoms with Crippen LogP contribution >= 0.6 is 0 Å². The van der Waals surface area contributed by atoms with E-state index < -0.39 is 5.54 Å². The van der Waals surface area contributed by atoms with Gasteiger partial charge in [0, 0.05) is 26.2 Å². The quantitative estimate of drug-likeness (QED) is 0.647. The minimum atomic E-state index is -0.784. The van der Waals surface area contributed by atoms with Gasteiger partial charge >= 0.3 is 6.03 Å². The third-order valence-electron chi connectivity index (χ3n) is 6.25. The van der Waals surface area contributed by atoms with E-state index in [9.17, 15) is 9.59 Å². The second-order valence-electron chi connectivity index (χ2n) is 8.68. The number of carbonyl (C=O) groups excluding carboxylic acids is 2. The highest BCUT2D eigenvalue weighted by molar-refractivity contribution is 6.07. The van der Waals surface area contributed by atoms with Crippen molar-refractivity contribution in [1.29, 1.82) is 0 Å². The van der Waals surface area contributed by atoms with Crippen molar-refractivity contribution in [3.63, 3.8) is 0 Å². The standard InChI is InChI=1S/C23H30N4O3/c1-18(2)7-6-13-26-20(28)23(10-14-25(15-11-23)21-24-12-16-30-21)27(22(26)29)17-19-8-4-3-5-9-19/h3-5,8-9,12,16,18H,6-7,10-11,13-15,17H2,1-2H3. The molecule has 3 amide bonds. The van der Waals surface area contributed by atoms with Crippen molar-refractivity contribution in [3.05, 3.63) is 48.4 Å². The Morgan fingerprint density at radius 1 is 1.13 bits per heavy atom. The number of amides is 3. The molecule has 2 aromatic rings. The lowest BCUT2D eigenvalue weighted by atomic mass is 9.85. The number of hydrogen-bond acceptors (Lipinski definition) is 5. The van der Waals surface area contributed by atoms with Gasteiger partial charge in [-0.25, -0.2) is 9.78 Å². The molecule has 1 spiro atoms. The first-order chi connectivity index (χ1) is 14.5. The molecule has 0 N–H and O–H groups in total. The lowest BCUT2D eigenvalue weighted by molar-refractivity contribution is -0.134. The molecular formula is C23H30N4O3. The van der Waals surface area contributed by atoms with Crippen molar-refractivity contribution in [2.45, 2.75) is 51.6 Å². The fraction of sp³-hybridized carbons (Fsp3) is 0.522. The van der Waals surface area contributed by atoms with Crippen LogP contribution in [0.3, 0.4) is 0 Å². The molecule has 7 nitrogen and oxygen atoms in total. The second kappa shape index (κ2) is 8.50. The van der Waals surface area contributed by atoms with Crippen LogP contribution in [0.25, 0.3) is 0 Å². The molecule has 2 saturated heterocycles. The molecule has 2 fully saturated rings. The fourth-order valence-electron chi connectivity index (χ4n) is 4.55. The van der Waals surface area contributed by atoms with Gasteiger partial charge in [0.1, 0.15) is 11.8 Å². The van der Waals surface area contributed by atoms with E-state index in [4.69, 9.17) is 4.42 Å². The average Bonchev–Trinajstić information content (AvgIpc) is 3.34. The highest BCUT2D eigenvalue weighted by Gasteiger charge is 2.57. The summed E-state index contributed by atoms with van der Waals surface area (Å²) in [5, 5.41) is 0. The average molecular weight is 411 g/mol. The molecule has 0 atom stereocenters. The molecule has 0 aliphatic carbocycles. The van der Waals surface area contributed by atoms with Crippen LogP contribution in [0.2, 0.25) is 0 Å². The summed E-state index contributed by atoms with van der Waals surface area (Å²) in [7, 11) is 0. The summed E-state index contributed by atoms with van der Waals surface area (Å²) in [6, 6.07) is 10.3. The molecular weight excluding hydrogens is 380 g/mol. The number of aromatic nitrogens is 1. The lowest BCUT2D eigenvalue weighted by Gasteiger charge is -2.41. The summed E-state index contributed by atoms with van der Waals surface area (Å²) in [5.74, 6) is 0.510. The SMILES string of the molecule is CC(C)CCCN1C(=O)N(Cc2ccccc2)C2(CCN(c3ncco3)CC2)C1=O. The summed E-state index contributed by atoms with van der Waals surface area (Å²) >= 11 is 0. The second-order valence-corrected chi connectivity index (χ2v) is 8.68. The highest BCUT2D eigenvalue weighted by atomic mass is 16.4. The van der Waals surface area contributed by atoms with Gasteiger partial charge in [-0.3, -0.25) is 9.69 Å². The van der Waals surface area contributed by atoms with Crippen molar-refractivity contribution in [3.8, 4) is 0 Å². The molecule has 4 rings (SSSR count). The van der Waals surface area contributed by atoms with Crippen LogP contribution in [0.5, 0.6) is 0 Å². The van der Waals surface area contributed by atoms with Gasteiger partial charge < -0.3 is 14.2 Å². The lowest BCUT2D eigenvalue weighted by Crippen LogP contribution is -2.56. The Morgan fingerprint density at radius 2 is 1.87 bits per heavy atom. The molecule has 0 radical (unpaired) electrons. The largest absolute Gasteiger partial charge is 0.432 e. The summed E-state index contributed by atoms with van der Waals surface area (Å²) in [4.78, 5) is 36.5. The molecule has 3 heterocycles. The predicted octanol–water partition coefficient (Wildman–Crippen LogP) is 3.91. The first kappa shape index (κ1) is 20.4. The zero-order valence-corrected chi connectivity index (χ0v) is 17.8. The van der Waals surface area contributed by atoms with Crippen LogP contribution in [0.4, 0.5) is 10.8 Å². The normalized spacial score (nSPS) is 18.8. The smallest absolute Gasteiger partial charge is 0.327 e. The van der Waals surface area contributed by atoms with Gasteiger partial charge in [-0.1, -0.05) is 44.2 Å². The fourth-order valence-corrected chi connectivity index (χ4v) is 4.55. The Labute approximate surface area is 177 Å². The minimum absolute atomic E-state index is 0.0424. The highest BCUT2D eigenvalue weighted by Crippen LogP contribution is 2.39. The molecule has 0 bridgehead atoms. The molecule has 1 aromatic heterocycles. The van der Waals surface area contributed by atoms with Crippen LogP contribution in [0.15, 0.2) is 47.2 Å². The Bertz CT molecular complexity index is 858. The number of nitrogens with zero attached hydrogens (tertiary/aromatic N) is 4. The van der Waals surface area contributed by atoms with E-state index in [1.807, 2.05) is 40.1 Å². The summed E-state index contributed by atoms with van der Waals surface area (Å²) in [6.45, 7) is 6.52. The number of anilines is 1. The molecule has 7 heteroatoms. The number of oxazole rings is 1. The summed E-state index contributed by atoms with van der Waals surface area (Å²) in [6.07, 6.45) is 6.18. The summed E-state index contributed by atoms with van der Waals surface area (Å²) in [5.41, 5.74) is 0.255. The van der Waals surface area contributed by atoms with Gasteiger partial charge in [-0.15, -0.1) is 0 Å². The van der Waals surface area contributed by atoms with E-state index in [2.05, 4.69) is 18.8 Å². The number of urea groups is 1. The van der Waals surface area contributed by atoms with Crippen molar-refractivity contribution in [2.75, 3.05) is 24.5 Å². The van der Waals surface area contributed by atoms with Gasteiger partial charge in [0.15, 0.2) is 0 Å². The number of benzene rings is 1. The minimum Gasteiger partial charge on any atom is -0.432 e. The number of piperidine rings is 1. The Hall–Kier alpha value is -2.83. The van der Waals surface area contributed by atoms with Crippen LogP contribution in [0.1, 0.15) is 45.1 Å². The van der Waals surface area contributed by atoms with Crippen molar-refractivity contribution in [1.82, 2.24) is 14.8 Å². The number of hydrogen-bond donors (Lipinski definition) is 0. The van der Waals surface area contributed by atoms with Crippen molar-refractivity contribution >= 4 is 18.0 Å². The molecule has 0 unspecified atom stereocenters. The topological polar surface area (TPSA) is 69.9 Å².